The lowest BCUT2D eigenvalue weighted by molar-refractivity contribution is 0.655. The molecule has 0 saturated heterocycles. The molecule has 2 nitrogen and oxygen atoms in total. The van der Waals surface area contributed by atoms with Gasteiger partial charge in [-0.2, -0.15) is 0 Å². The van der Waals surface area contributed by atoms with Gasteiger partial charge in [-0.25, -0.2) is 0 Å². The predicted molar refractivity (Wildman–Crippen MR) is 51.8 cm³/mol. The Morgan fingerprint density at radius 2 is 2.36 bits per heavy atom. The minimum absolute atomic E-state index is 0.950. The number of fused-ring (bicyclic) bond motifs is 1. The fourth-order valence-electron chi connectivity index (χ4n) is 1.33. The van der Waals surface area contributed by atoms with E-state index in [2.05, 4.69) is 21.2 Å². The van der Waals surface area contributed by atoms with E-state index in [0.29, 0.717) is 0 Å². The third-order valence-corrected chi connectivity index (χ3v) is 3.87. The lowest BCUT2D eigenvalue weighted by Gasteiger charge is -2.12. The summed E-state index contributed by atoms with van der Waals surface area (Å²) >= 11 is 5.19. The van der Waals surface area contributed by atoms with Gasteiger partial charge < -0.3 is 11.1 Å². The summed E-state index contributed by atoms with van der Waals surface area (Å²) in [4.78, 5) is 1.39. The van der Waals surface area contributed by atoms with Crippen molar-refractivity contribution < 1.29 is 0 Å². The lowest BCUT2D eigenvalue weighted by Crippen LogP contribution is -2.22. The van der Waals surface area contributed by atoms with Gasteiger partial charge in [0.25, 0.3) is 0 Å². The summed E-state index contributed by atoms with van der Waals surface area (Å²) in [6, 6.07) is 0. The van der Waals surface area contributed by atoms with Crippen LogP contribution in [-0.4, -0.2) is 6.54 Å². The molecular weight excluding hydrogens is 224 g/mol. The van der Waals surface area contributed by atoms with Crippen LogP contribution in [0.25, 0.3) is 0 Å². The first kappa shape index (κ1) is 7.58. The average molecular weight is 233 g/mol. The van der Waals surface area contributed by atoms with Crippen LogP contribution < -0.4 is 11.1 Å². The number of halogens is 1. The Balaban J connectivity index is 2.50. The van der Waals surface area contributed by atoms with Gasteiger partial charge in [0.15, 0.2) is 0 Å². The minimum atomic E-state index is 0.950. The van der Waals surface area contributed by atoms with Crippen molar-refractivity contribution in [3.8, 4) is 0 Å². The normalized spacial score (nSPS) is 16.5. The maximum Gasteiger partial charge on any atom is 0.0933 e. The zero-order valence-electron chi connectivity index (χ0n) is 5.98. The Labute approximate surface area is 77.9 Å². The Bertz CT molecular complexity index is 282. The zero-order chi connectivity index (χ0) is 7.84. The van der Waals surface area contributed by atoms with Crippen molar-refractivity contribution in [1.82, 2.24) is 5.32 Å². The molecule has 4 heteroatoms. The van der Waals surface area contributed by atoms with Crippen LogP contribution in [0.2, 0.25) is 0 Å². The third-order valence-electron chi connectivity index (χ3n) is 1.92. The van der Waals surface area contributed by atoms with Gasteiger partial charge >= 0.3 is 0 Å². The molecule has 0 amide bonds. The van der Waals surface area contributed by atoms with Crippen molar-refractivity contribution in [3.63, 3.8) is 0 Å². The molecule has 0 aliphatic carbocycles. The highest BCUT2D eigenvalue weighted by molar-refractivity contribution is 9.11. The third kappa shape index (κ3) is 1.19. The van der Waals surface area contributed by atoms with Crippen LogP contribution in [0.4, 0.5) is 5.69 Å². The molecule has 60 valence electrons. The summed E-state index contributed by atoms with van der Waals surface area (Å²) in [6.07, 6.45) is 1.07. The monoisotopic (exact) mass is 232 g/mol. The van der Waals surface area contributed by atoms with Crippen molar-refractivity contribution in [3.05, 3.63) is 14.2 Å². The van der Waals surface area contributed by atoms with Crippen molar-refractivity contribution in [2.75, 3.05) is 12.3 Å². The highest BCUT2D eigenvalue weighted by Crippen LogP contribution is 2.36. The van der Waals surface area contributed by atoms with Crippen LogP contribution in [0, 0.1) is 0 Å². The Hall–Kier alpha value is -0.0600. The molecule has 0 unspecified atom stereocenters. The van der Waals surface area contributed by atoms with Gasteiger partial charge in [0.2, 0.25) is 0 Å². The van der Waals surface area contributed by atoms with Gasteiger partial charge in [-0.1, -0.05) is 0 Å². The molecule has 0 spiro atoms. The number of nitrogens with two attached hydrogens (primary N) is 1. The standard InChI is InChI=1S/C7H9BrN2S/c8-7-6(9)4-1-2-10-3-5(4)11-7/h10H,1-3,9H2. The quantitative estimate of drug-likeness (QED) is 0.716. The van der Waals surface area contributed by atoms with Crippen LogP contribution in [0.5, 0.6) is 0 Å². The van der Waals surface area contributed by atoms with E-state index in [1.165, 1.54) is 10.4 Å². The molecule has 0 atom stereocenters. The maximum absolute atomic E-state index is 5.86. The Morgan fingerprint density at radius 1 is 1.55 bits per heavy atom. The number of hydrogen-bond donors (Lipinski definition) is 2. The maximum atomic E-state index is 5.86. The van der Waals surface area contributed by atoms with Gasteiger partial charge in [0.05, 0.1) is 9.47 Å². The smallest absolute Gasteiger partial charge is 0.0933 e. The summed E-state index contributed by atoms with van der Waals surface area (Å²) in [5.74, 6) is 0. The summed E-state index contributed by atoms with van der Waals surface area (Å²) in [5.41, 5.74) is 8.16. The molecule has 0 fully saturated rings. The van der Waals surface area contributed by atoms with E-state index in [-0.39, 0.29) is 0 Å². The number of nitrogens with one attached hydrogen (secondary N) is 1. The van der Waals surface area contributed by atoms with Gasteiger partial charge in [-0.05, 0) is 34.5 Å². The summed E-state index contributed by atoms with van der Waals surface area (Å²) in [7, 11) is 0. The molecule has 2 heterocycles. The summed E-state index contributed by atoms with van der Waals surface area (Å²) < 4.78 is 1.09. The fourth-order valence-corrected chi connectivity index (χ4v) is 3.11. The van der Waals surface area contributed by atoms with Crippen molar-refractivity contribution in [2.24, 2.45) is 0 Å². The SMILES string of the molecule is Nc1c(Br)sc2c1CCNC2. The molecule has 1 aromatic rings. The molecule has 11 heavy (non-hydrogen) atoms. The highest BCUT2D eigenvalue weighted by Gasteiger charge is 2.16. The van der Waals surface area contributed by atoms with E-state index in [0.717, 1.165) is 29.0 Å². The highest BCUT2D eigenvalue weighted by atomic mass is 79.9. The van der Waals surface area contributed by atoms with E-state index in [9.17, 15) is 0 Å². The van der Waals surface area contributed by atoms with E-state index in [1.807, 2.05) is 0 Å². The average Bonchev–Trinajstić information content (AvgIpc) is 2.30. The van der Waals surface area contributed by atoms with E-state index in [1.54, 1.807) is 11.3 Å². The van der Waals surface area contributed by atoms with Crippen LogP contribution in [0.1, 0.15) is 10.4 Å². The van der Waals surface area contributed by atoms with Crippen LogP contribution in [-0.2, 0) is 13.0 Å². The first-order chi connectivity index (χ1) is 5.29. The van der Waals surface area contributed by atoms with Crippen molar-refractivity contribution in [2.45, 2.75) is 13.0 Å². The second-order valence-corrected chi connectivity index (χ2v) is 5.04. The molecule has 1 aliphatic heterocycles. The van der Waals surface area contributed by atoms with Gasteiger partial charge in [0.1, 0.15) is 0 Å². The molecule has 1 aliphatic rings. The zero-order valence-corrected chi connectivity index (χ0v) is 8.39. The van der Waals surface area contributed by atoms with E-state index < -0.39 is 0 Å². The number of anilines is 1. The van der Waals surface area contributed by atoms with Crippen LogP contribution in [0.15, 0.2) is 3.79 Å². The van der Waals surface area contributed by atoms with Gasteiger partial charge in [-0.3, -0.25) is 0 Å². The van der Waals surface area contributed by atoms with E-state index in [4.69, 9.17) is 5.73 Å². The van der Waals surface area contributed by atoms with E-state index >= 15 is 0 Å². The minimum Gasteiger partial charge on any atom is -0.397 e. The van der Waals surface area contributed by atoms with Crippen molar-refractivity contribution >= 4 is 33.0 Å². The first-order valence-corrected chi connectivity index (χ1v) is 5.16. The molecule has 0 bridgehead atoms. The van der Waals surface area contributed by atoms with Crippen LogP contribution in [0.3, 0.4) is 0 Å². The molecule has 0 aromatic carbocycles. The second-order valence-electron chi connectivity index (χ2n) is 2.62. The summed E-state index contributed by atoms with van der Waals surface area (Å²) in [5, 5.41) is 3.32. The molecule has 1 aromatic heterocycles. The Morgan fingerprint density at radius 3 is 3.09 bits per heavy atom. The fraction of sp³-hybridized carbons (Fsp3) is 0.429. The number of nitrogen functional groups attached to an aromatic ring is 1. The second kappa shape index (κ2) is 2.77. The molecule has 0 saturated carbocycles. The first-order valence-electron chi connectivity index (χ1n) is 3.55. The number of thiophene rings is 1. The lowest BCUT2D eigenvalue weighted by atomic mass is 10.1. The van der Waals surface area contributed by atoms with Crippen molar-refractivity contribution in [1.29, 1.82) is 0 Å². The van der Waals surface area contributed by atoms with Crippen LogP contribution >= 0.6 is 27.3 Å². The molecule has 2 rings (SSSR count). The molecular formula is C7H9BrN2S. The van der Waals surface area contributed by atoms with Gasteiger partial charge in [-0.15, -0.1) is 11.3 Å². The van der Waals surface area contributed by atoms with Gasteiger partial charge in [0, 0.05) is 11.4 Å². The molecule has 3 N–H and O–H groups in total. The largest absolute Gasteiger partial charge is 0.397 e. The number of rotatable bonds is 0. The summed E-state index contributed by atoms with van der Waals surface area (Å²) in [6.45, 7) is 2.04. The predicted octanol–water partition coefficient (Wildman–Crippen LogP) is 1.74. The number of hydrogen-bond acceptors (Lipinski definition) is 3. The molecule has 0 radical (unpaired) electrons. The topological polar surface area (TPSA) is 38.0 Å². The Kier molecular flexibility index (Phi) is 1.91.